The van der Waals surface area contributed by atoms with Crippen molar-refractivity contribution in [2.45, 2.75) is 214 Å². The van der Waals surface area contributed by atoms with Crippen LogP contribution in [0.2, 0.25) is 0 Å². The summed E-state index contributed by atoms with van der Waals surface area (Å²) in [7, 11) is 0. The monoisotopic (exact) mass is 1040 g/mol. The summed E-state index contributed by atoms with van der Waals surface area (Å²) in [5.74, 6) is 2.43. The number of hydrogen-bond donors (Lipinski definition) is 0. The first-order chi connectivity index (χ1) is 35.8. The number of fused-ring (bicyclic) bond motifs is 9. The van der Waals surface area contributed by atoms with Crippen LogP contribution < -0.4 is 25.5 Å². The van der Waals surface area contributed by atoms with Crippen molar-refractivity contribution in [3.8, 4) is 11.1 Å². The van der Waals surface area contributed by atoms with Crippen molar-refractivity contribution in [2.75, 3.05) is 9.80 Å². The van der Waals surface area contributed by atoms with E-state index in [0.29, 0.717) is 5.92 Å². The molecule has 3 heterocycles. The van der Waals surface area contributed by atoms with Crippen molar-refractivity contribution in [3.63, 3.8) is 0 Å². The molecule has 3 aliphatic carbocycles. The summed E-state index contributed by atoms with van der Waals surface area (Å²) in [4.78, 5) is 5.53. The largest absolute Gasteiger partial charge is 0.311 e. The highest BCUT2D eigenvalue weighted by Crippen LogP contribution is 2.57. The van der Waals surface area contributed by atoms with Crippen LogP contribution in [0, 0.1) is 11.8 Å². The molecule has 12 rings (SSSR count). The normalized spacial score (nSPS) is 20.6. The minimum Gasteiger partial charge on any atom is -0.311 e. The minimum absolute atomic E-state index is 0.00474. The lowest BCUT2D eigenvalue weighted by Gasteiger charge is -2.46. The predicted molar refractivity (Wildman–Crippen MR) is 338 cm³/mol. The van der Waals surface area contributed by atoms with Crippen molar-refractivity contribution in [1.82, 2.24) is 0 Å². The Morgan fingerprint density at radius 2 is 1.04 bits per heavy atom. The zero-order valence-electron chi connectivity index (χ0n) is 50.7. The van der Waals surface area contributed by atoms with Gasteiger partial charge in [0.2, 0.25) is 0 Å². The standard InChI is InChI=1S/C73H89BN2S/c1-67(2,3)47-25-29-63-55(37-47)65-66(77-63)74-58-38-48(68(4,5)6)24-28-59(58)76(62-40-51(71(13,14)15)39-61(64(62)74)75(65)52-26-22-44(23-27-52)53-33-43-20-21-45(53)32-43)60-42-57-56(72(16,17)30-31-73(57,18)19)41-54(60)46-34-49(69(7,8)9)36-50(35-46)70(10,11)12/h22-29,34-43,45,53H,20-21,30-33H2,1-19H3. The van der Waals surface area contributed by atoms with Crippen molar-refractivity contribution < 1.29 is 0 Å². The smallest absolute Gasteiger partial charge is 0.264 e. The van der Waals surface area contributed by atoms with Gasteiger partial charge in [0.1, 0.15) is 0 Å². The van der Waals surface area contributed by atoms with E-state index in [1.165, 1.54) is 148 Å². The maximum Gasteiger partial charge on any atom is 0.264 e. The van der Waals surface area contributed by atoms with Gasteiger partial charge in [0.15, 0.2) is 0 Å². The second kappa shape index (κ2) is 17.2. The van der Waals surface area contributed by atoms with Gasteiger partial charge in [-0.15, -0.1) is 11.3 Å². The molecule has 5 aliphatic rings. The fraction of sp³-hybridized carbons (Fsp3) is 0.479. The number of rotatable bonds is 4. The van der Waals surface area contributed by atoms with Crippen LogP contribution in [0.3, 0.4) is 0 Å². The zero-order valence-corrected chi connectivity index (χ0v) is 51.5. The van der Waals surface area contributed by atoms with Crippen molar-refractivity contribution in [1.29, 1.82) is 0 Å². The molecule has 400 valence electrons. The molecule has 6 aromatic carbocycles. The van der Waals surface area contributed by atoms with Gasteiger partial charge in [0, 0.05) is 43.2 Å². The Kier molecular flexibility index (Phi) is 11.8. The molecule has 2 saturated carbocycles. The SMILES string of the molecule is CC(C)(C)c1cc(-c2cc3c(cc2N2c4ccc(C(C)(C)C)cc4B4c5sc6ccc(C(C)(C)C)cc6c5N(c5ccc(C6CC7CCC6C7)cc5)c5cc(C(C)(C)C)cc2c54)C(C)(C)CCC3(C)C)cc(C(C)(C)C)c1. The molecule has 2 aliphatic heterocycles. The molecule has 2 bridgehead atoms. The summed E-state index contributed by atoms with van der Waals surface area (Å²) in [6, 6.07) is 43.3. The second-order valence-electron chi connectivity index (χ2n) is 31.4. The van der Waals surface area contributed by atoms with Crippen molar-refractivity contribution in [3.05, 3.63) is 148 Å². The van der Waals surface area contributed by atoms with Crippen molar-refractivity contribution in [2.24, 2.45) is 11.8 Å². The summed E-state index contributed by atoms with van der Waals surface area (Å²) in [6.07, 6.45) is 7.92. The molecule has 4 heteroatoms. The van der Waals surface area contributed by atoms with Gasteiger partial charge in [0.05, 0.1) is 11.4 Å². The van der Waals surface area contributed by atoms with E-state index in [4.69, 9.17) is 0 Å². The second-order valence-corrected chi connectivity index (χ2v) is 32.5. The lowest BCUT2D eigenvalue weighted by atomic mass is 9.36. The summed E-state index contributed by atoms with van der Waals surface area (Å²) in [5.41, 5.74) is 24.5. The maximum absolute atomic E-state index is 2.78. The Bertz CT molecular complexity index is 3500. The highest BCUT2D eigenvalue weighted by atomic mass is 32.1. The Hall–Kier alpha value is -5.06. The molecule has 3 atom stereocenters. The van der Waals surface area contributed by atoms with Gasteiger partial charge < -0.3 is 9.80 Å². The molecule has 0 spiro atoms. The summed E-state index contributed by atoms with van der Waals surface area (Å²) < 4.78 is 2.82. The number of anilines is 6. The molecule has 0 N–H and O–H groups in total. The van der Waals surface area contributed by atoms with Crippen LogP contribution >= 0.6 is 11.3 Å². The van der Waals surface area contributed by atoms with E-state index < -0.39 is 0 Å². The van der Waals surface area contributed by atoms with E-state index in [2.05, 4.69) is 244 Å². The first-order valence-electron chi connectivity index (χ1n) is 29.7. The average Bonchev–Trinajstić information content (AvgIpc) is 4.19. The van der Waals surface area contributed by atoms with Gasteiger partial charge in [0.25, 0.3) is 6.71 Å². The topological polar surface area (TPSA) is 6.48 Å². The van der Waals surface area contributed by atoms with Crippen LogP contribution in [0.15, 0.2) is 103 Å². The maximum atomic E-state index is 2.78. The predicted octanol–water partition coefficient (Wildman–Crippen LogP) is 19.4. The zero-order chi connectivity index (χ0) is 55.1. The number of benzene rings is 6. The number of hydrogen-bond acceptors (Lipinski definition) is 3. The first-order valence-corrected chi connectivity index (χ1v) is 30.5. The summed E-state index contributed by atoms with van der Waals surface area (Å²) in [5, 5.41) is 1.37. The molecular formula is C73H89BN2S. The lowest BCUT2D eigenvalue weighted by Crippen LogP contribution is -2.60. The van der Waals surface area contributed by atoms with Crippen LogP contribution in [0.1, 0.15) is 221 Å². The van der Waals surface area contributed by atoms with E-state index >= 15 is 0 Å². The molecule has 0 amide bonds. The summed E-state index contributed by atoms with van der Waals surface area (Å²) in [6.45, 7) is 46.0. The van der Waals surface area contributed by atoms with E-state index in [-0.39, 0.29) is 44.6 Å². The third kappa shape index (κ3) is 8.69. The van der Waals surface area contributed by atoms with Gasteiger partial charge in [-0.2, -0.15) is 0 Å². The van der Waals surface area contributed by atoms with Crippen LogP contribution in [0.5, 0.6) is 0 Å². The van der Waals surface area contributed by atoms with Crippen LogP contribution in [0.25, 0.3) is 21.2 Å². The Balaban J connectivity index is 1.22. The molecular weight excluding hydrogens is 948 g/mol. The first kappa shape index (κ1) is 52.6. The number of nitrogens with zero attached hydrogens (tertiary/aromatic N) is 2. The van der Waals surface area contributed by atoms with Gasteiger partial charge in [-0.05, 0) is 203 Å². The van der Waals surface area contributed by atoms with Crippen molar-refractivity contribution >= 4 is 78.0 Å². The molecule has 0 radical (unpaired) electrons. The molecule has 3 unspecified atom stereocenters. The van der Waals surface area contributed by atoms with Crippen LogP contribution in [-0.4, -0.2) is 6.71 Å². The molecule has 7 aromatic rings. The van der Waals surface area contributed by atoms with E-state index in [0.717, 1.165) is 18.3 Å². The fourth-order valence-electron chi connectivity index (χ4n) is 14.6. The van der Waals surface area contributed by atoms with Crippen LogP contribution in [-0.2, 0) is 37.9 Å². The molecule has 77 heavy (non-hydrogen) atoms. The lowest BCUT2D eigenvalue weighted by molar-refractivity contribution is 0.332. The van der Waals surface area contributed by atoms with Gasteiger partial charge in [-0.1, -0.05) is 187 Å². The quantitative estimate of drug-likeness (QED) is 0.162. The van der Waals surface area contributed by atoms with E-state index in [1.807, 2.05) is 11.3 Å². The number of thiophene rings is 1. The van der Waals surface area contributed by atoms with Gasteiger partial charge >= 0.3 is 0 Å². The van der Waals surface area contributed by atoms with E-state index in [9.17, 15) is 0 Å². The van der Waals surface area contributed by atoms with Crippen LogP contribution in [0.4, 0.5) is 34.1 Å². The molecule has 0 saturated heterocycles. The Morgan fingerprint density at radius 1 is 0.494 bits per heavy atom. The Labute approximate surface area is 469 Å². The highest BCUT2D eigenvalue weighted by Gasteiger charge is 2.48. The third-order valence-corrected chi connectivity index (χ3v) is 21.0. The summed E-state index contributed by atoms with van der Waals surface area (Å²) >= 11 is 2.04. The van der Waals surface area contributed by atoms with Gasteiger partial charge in [-0.3, -0.25) is 0 Å². The van der Waals surface area contributed by atoms with Gasteiger partial charge in [-0.25, -0.2) is 0 Å². The molecule has 2 nitrogen and oxygen atoms in total. The van der Waals surface area contributed by atoms with E-state index in [1.54, 1.807) is 0 Å². The minimum atomic E-state index is -0.135. The Morgan fingerprint density at radius 3 is 1.60 bits per heavy atom. The average molecular weight is 1040 g/mol. The molecule has 1 aromatic heterocycles. The third-order valence-electron chi connectivity index (χ3n) is 19.8. The molecule has 2 fully saturated rings. The fourth-order valence-corrected chi connectivity index (χ4v) is 15.9. The highest BCUT2D eigenvalue weighted by molar-refractivity contribution is 7.33.